The van der Waals surface area contributed by atoms with Crippen LogP contribution in [0.5, 0.6) is 0 Å². The lowest BCUT2D eigenvalue weighted by atomic mass is 10.2. The average molecular weight is 308 g/mol. The summed E-state index contributed by atoms with van der Waals surface area (Å²) in [4.78, 5) is 1.46. The Hall–Kier alpha value is 0.490. The Bertz CT molecular complexity index is 275. The van der Waals surface area contributed by atoms with E-state index in [0.717, 1.165) is 13.0 Å². The summed E-state index contributed by atoms with van der Waals surface area (Å²) >= 11 is 7.36. The topological polar surface area (TPSA) is 12.0 Å². The second-order valence-corrected chi connectivity index (χ2v) is 7.19. The van der Waals surface area contributed by atoms with E-state index in [1.54, 1.807) is 0 Å². The van der Waals surface area contributed by atoms with Crippen LogP contribution in [0.15, 0.2) is 15.9 Å². The Balaban J connectivity index is 2.42. The first-order chi connectivity index (χ1) is 7.26. The van der Waals surface area contributed by atoms with E-state index in [1.807, 2.05) is 23.1 Å². The molecule has 0 spiro atoms. The maximum Gasteiger partial charge on any atom is 0.0701 e. The van der Waals surface area contributed by atoms with Gasteiger partial charge < -0.3 is 5.32 Å². The lowest BCUT2D eigenvalue weighted by Gasteiger charge is -2.16. The van der Waals surface area contributed by atoms with Crippen molar-refractivity contribution in [2.45, 2.75) is 26.3 Å². The third kappa shape index (κ3) is 5.38. The summed E-state index contributed by atoms with van der Waals surface area (Å²) in [6.45, 7) is 5.45. The molecule has 86 valence electrons. The number of thiophene rings is 1. The summed E-state index contributed by atoms with van der Waals surface area (Å²) in [5.74, 6) is 2.41. The summed E-state index contributed by atoms with van der Waals surface area (Å²) in [7, 11) is 0. The van der Waals surface area contributed by atoms with Gasteiger partial charge in [-0.1, -0.05) is 13.8 Å². The summed E-state index contributed by atoms with van der Waals surface area (Å²) in [6.07, 6.45) is 1.15. The molecule has 1 rings (SSSR count). The first-order valence-corrected chi connectivity index (χ1v) is 8.08. The number of hydrogen-bond donors (Lipinski definition) is 1. The molecule has 0 bridgehead atoms. The van der Waals surface area contributed by atoms with Crippen molar-refractivity contribution in [2.24, 2.45) is 0 Å². The molecule has 0 amide bonds. The van der Waals surface area contributed by atoms with Gasteiger partial charge in [0, 0.05) is 16.7 Å². The second-order valence-electron chi connectivity index (χ2n) is 3.32. The van der Waals surface area contributed by atoms with Gasteiger partial charge in [-0.2, -0.15) is 11.8 Å². The van der Waals surface area contributed by atoms with E-state index < -0.39 is 0 Å². The molecule has 0 fully saturated rings. The predicted octanol–water partition coefficient (Wildman–Crippen LogP) is 3.78. The van der Waals surface area contributed by atoms with Crippen LogP contribution in [0.3, 0.4) is 0 Å². The van der Waals surface area contributed by atoms with Crippen molar-refractivity contribution in [1.82, 2.24) is 5.32 Å². The molecule has 0 saturated heterocycles. The molecule has 0 aromatic carbocycles. The number of thioether (sulfide) groups is 1. The van der Waals surface area contributed by atoms with Gasteiger partial charge in [0.15, 0.2) is 0 Å². The highest BCUT2D eigenvalue weighted by Crippen LogP contribution is 2.23. The molecule has 1 heterocycles. The molecule has 4 heteroatoms. The van der Waals surface area contributed by atoms with Crippen LogP contribution in [-0.2, 0) is 6.42 Å². The zero-order valence-corrected chi connectivity index (χ0v) is 12.5. The molecule has 0 aliphatic carbocycles. The van der Waals surface area contributed by atoms with Gasteiger partial charge in [0.05, 0.1) is 3.79 Å². The van der Waals surface area contributed by atoms with Crippen molar-refractivity contribution < 1.29 is 0 Å². The molecular weight excluding hydrogens is 290 g/mol. The Kier molecular flexibility index (Phi) is 6.97. The second kappa shape index (κ2) is 7.71. The van der Waals surface area contributed by atoms with Crippen LogP contribution < -0.4 is 5.32 Å². The van der Waals surface area contributed by atoms with E-state index >= 15 is 0 Å². The van der Waals surface area contributed by atoms with Crippen molar-refractivity contribution in [1.29, 1.82) is 0 Å². The summed E-state index contributed by atoms with van der Waals surface area (Å²) in [5.41, 5.74) is 0. The number of hydrogen-bond acceptors (Lipinski definition) is 3. The molecule has 0 aliphatic heterocycles. The van der Waals surface area contributed by atoms with Crippen LogP contribution in [0, 0.1) is 0 Å². The van der Waals surface area contributed by atoms with E-state index in [4.69, 9.17) is 0 Å². The Morgan fingerprint density at radius 1 is 1.47 bits per heavy atom. The summed E-state index contributed by atoms with van der Waals surface area (Å²) < 4.78 is 1.23. The van der Waals surface area contributed by atoms with Gasteiger partial charge >= 0.3 is 0 Å². The average Bonchev–Trinajstić information content (AvgIpc) is 2.61. The van der Waals surface area contributed by atoms with Gasteiger partial charge in [0.25, 0.3) is 0 Å². The number of likely N-dealkylation sites (N-methyl/N-ethyl adjacent to an activating group) is 1. The normalized spacial score (nSPS) is 13.0. The van der Waals surface area contributed by atoms with Crippen molar-refractivity contribution in [3.05, 3.63) is 20.8 Å². The Morgan fingerprint density at radius 2 is 2.27 bits per heavy atom. The third-order valence-electron chi connectivity index (χ3n) is 2.09. The fraction of sp³-hybridized carbons (Fsp3) is 0.636. The van der Waals surface area contributed by atoms with Gasteiger partial charge in [-0.3, -0.25) is 0 Å². The van der Waals surface area contributed by atoms with E-state index in [0.29, 0.717) is 6.04 Å². The minimum absolute atomic E-state index is 0.616. The minimum atomic E-state index is 0.616. The van der Waals surface area contributed by atoms with Crippen LogP contribution >= 0.6 is 39.0 Å². The molecular formula is C11H18BrNS2. The van der Waals surface area contributed by atoms with Crippen LogP contribution in [0.1, 0.15) is 18.7 Å². The number of halogens is 1. The smallest absolute Gasteiger partial charge is 0.0701 e. The fourth-order valence-electron chi connectivity index (χ4n) is 1.44. The largest absolute Gasteiger partial charge is 0.313 e. The highest BCUT2D eigenvalue weighted by molar-refractivity contribution is 9.11. The van der Waals surface area contributed by atoms with Gasteiger partial charge in [-0.05, 0) is 46.8 Å². The highest BCUT2D eigenvalue weighted by atomic mass is 79.9. The highest BCUT2D eigenvalue weighted by Gasteiger charge is 2.09. The molecule has 1 aromatic rings. The lowest BCUT2D eigenvalue weighted by molar-refractivity contribution is 0.576. The predicted molar refractivity (Wildman–Crippen MR) is 76.2 cm³/mol. The van der Waals surface area contributed by atoms with Gasteiger partial charge in [0.2, 0.25) is 0 Å². The zero-order chi connectivity index (χ0) is 11.1. The molecule has 1 nitrogen and oxygen atoms in total. The van der Waals surface area contributed by atoms with Gasteiger partial charge in [-0.15, -0.1) is 11.3 Å². The molecule has 1 N–H and O–H groups in total. The third-order valence-corrected chi connectivity index (χ3v) is 4.78. The van der Waals surface area contributed by atoms with Crippen molar-refractivity contribution >= 4 is 39.0 Å². The maximum atomic E-state index is 3.55. The molecule has 1 aromatic heterocycles. The first kappa shape index (κ1) is 13.6. The molecule has 15 heavy (non-hydrogen) atoms. The van der Waals surface area contributed by atoms with Gasteiger partial charge in [0.1, 0.15) is 0 Å². The molecule has 1 unspecified atom stereocenters. The molecule has 0 radical (unpaired) electrons. The van der Waals surface area contributed by atoms with Crippen LogP contribution in [0.4, 0.5) is 0 Å². The number of rotatable bonds is 7. The van der Waals surface area contributed by atoms with Gasteiger partial charge in [-0.25, -0.2) is 0 Å². The lowest BCUT2D eigenvalue weighted by Crippen LogP contribution is -2.33. The van der Waals surface area contributed by atoms with Crippen LogP contribution in [0.25, 0.3) is 0 Å². The van der Waals surface area contributed by atoms with Crippen molar-refractivity contribution in [2.75, 3.05) is 18.1 Å². The minimum Gasteiger partial charge on any atom is -0.313 e. The van der Waals surface area contributed by atoms with E-state index in [9.17, 15) is 0 Å². The molecule has 0 saturated carbocycles. The standard InChI is InChI=1S/C11H18BrNS2/c1-3-13-9(8-14-4-2)7-10-5-6-11(12)15-10/h5-6,9,13H,3-4,7-8H2,1-2H3. The monoisotopic (exact) mass is 307 g/mol. The SMILES string of the molecule is CCNC(CSCC)Cc1ccc(Br)s1. The zero-order valence-electron chi connectivity index (χ0n) is 9.25. The van der Waals surface area contributed by atoms with E-state index in [-0.39, 0.29) is 0 Å². The Morgan fingerprint density at radius 3 is 2.80 bits per heavy atom. The van der Waals surface area contributed by atoms with Crippen LogP contribution in [0.2, 0.25) is 0 Å². The maximum absolute atomic E-state index is 3.55. The van der Waals surface area contributed by atoms with E-state index in [1.165, 1.54) is 20.2 Å². The molecule has 1 atom stereocenters. The van der Waals surface area contributed by atoms with E-state index in [2.05, 4.69) is 47.2 Å². The Labute approximate surface area is 109 Å². The van der Waals surface area contributed by atoms with Crippen molar-refractivity contribution in [3.63, 3.8) is 0 Å². The quantitative estimate of drug-likeness (QED) is 0.822. The summed E-state index contributed by atoms with van der Waals surface area (Å²) in [5, 5.41) is 3.55. The number of nitrogens with one attached hydrogen (secondary N) is 1. The molecule has 0 aliphatic rings. The summed E-state index contributed by atoms with van der Waals surface area (Å²) in [6, 6.07) is 4.97. The fourth-order valence-corrected chi connectivity index (χ4v) is 3.76. The van der Waals surface area contributed by atoms with Crippen LogP contribution in [-0.4, -0.2) is 24.1 Å². The van der Waals surface area contributed by atoms with Crippen molar-refractivity contribution in [3.8, 4) is 0 Å². The first-order valence-electron chi connectivity index (χ1n) is 5.31.